The molecule has 0 aliphatic carbocycles. The van der Waals surface area contributed by atoms with Gasteiger partial charge in [-0.15, -0.1) is 0 Å². The van der Waals surface area contributed by atoms with Crippen LogP contribution in [0.2, 0.25) is 0 Å². The van der Waals surface area contributed by atoms with Crippen LogP contribution in [-0.2, 0) is 16.0 Å². The molecule has 0 unspecified atom stereocenters. The first-order valence-corrected chi connectivity index (χ1v) is 9.28. The van der Waals surface area contributed by atoms with Crippen molar-refractivity contribution in [3.63, 3.8) is 0 Å². The Balaban J connectivity index is 1.65. The van der Waals surface area contributed by atoms with E-state index in [1.807, 2.05) is 20.8 Å². The molecule has 3 N–H and O–H groups in total. The van der Waals surface area contributed by atoms with Crippen LogP contribution in [0.15, 0.2) is 42.5 Å². The Morgan fingerprint density at radius 1 is 1.00 bits per heavy atom. The number of nitrogens with one attached hydrogen (secondary N) is 3. The molecule has 0 spiro atoms. The molecule has 0 fully saturated rings. The number of H-pyrrole nitrogens is 1. The number of benzene rings is 2. The van der Waals surface area contributed by atoms with Gasteiger partial charge in [0.25, 0.3) is 0 Å². The van der Waals surface area contributed by atoms with Crippen molar-refractivity contribution in [2.45, 2.75) is 33.6 Å². The summed E-state index contributed by atoms with van der Waals surface area (Å²) in [7, 11) is 0. The SMILES string of the molecule is Cc1[nH]c2ccc(F)cc2c1CC(=O)Nc1ccc(NC(=O)CC(C)C)cc1. The Labute approximate surface area is 163 Å². The van der Waals surface area contributed by atoms with Crippen LogP contribution in [0.3, 0.4) is 0 Å². The Kier molecular flexibility index (Phi) is 5.78. The summed E-state index contributed by atoms with van der Waals surface area (Å²) < 4.78 is 13.6. The van der Waals surface area contributed by atoms with Gasteiger partial charge in [0.15, 0.2) is 0 Å². The second-order valence-corrected chi connectivity index (χ2v) is 7.37. The van der Waals surface area contributed by atoms with E-state index in [2.05, 4.69) is 15.6 Å². The summed E-state index contributed by atoms with van der Waals surface area (Å²) in [6, 6.07) is 11.5. The number of aryl methyl sites for hydroxylation is 1. The first-order valence-electron chi connectivity index (χ1n) is 9.28. The van der Waals surface area contributed by atoms with Crippen molar-refractivity contribution in [3.8, 4) is 0 Å². The Morgan fingerprint density at radius 2 is 1.61 bits per heavy atom. The lowest BCUT2D eigenvalue weighted by molar-refractivity contribution is -0.117. The molecule has 1 aromatic heterocycles. The summed E-state index contributed by atoms with van der Waals surface area (Å²) in [6.45, 7) is 5.85. The van der Waals surface area contributed by atoms with Gasteiger partial charge in [-0.3, -0.25) is 9.59 Å². The maximum atomic E-state index is 13.6. The number of anilines is 2. The third kappa shape index (κ3) is 4.76. The molecule has 0 aliphatic heterocycles. The highest BCUT2D eigenvalue weighted by atomic mass is 19.1. The molecule has 0 atom stereocenters. The summed E-state index contributed by atoms with van der Waals surface area (Å²) in [6.07, 6.45) is 0.602. The molecule has 3 aromatic rings. The zero-order valence-corrected chi connectivity index (χ0v) is 16.2. The van der Waals surface area contributed by atoms with Gasteiger partial charge in [-0.2, -0.15) is 0 Å². The molecule has 2 amide bonds. The standard InChI is InChI=1S/C22H24FN3O2/c1-13(2)10-21(27)25-16-5-7-17(8-6-16)26-22(28)12-18-14(3)24-20-9-4-15(23)11-19(18)20/h4-9,11,13,24H,10,12H2,1-3H3,(H,25,27)(H,26,28). The summed E-state index contributed by atoms with van der Waals surface area (Å²) >= 11 is 0. The van der Waals surface area contributed by atoms with E-state index in [0.29, 0.717) is 23.7 Å². The average Bonchev–Trinajstić information content (AvgIpc) is 2.91. The van der Waals surface area contributed by atoms with Gasteiger partial charge in [-0.1, -0.05) is 13.8 Å². The van der Waals surface area contributed by atoms with Gasteiger partial charge in [-0.05, 0) is 60.9 Å². The number of hydrogen-bond donors (Lipinski definition) is 3. The lowest BCUT2D eigenvalue weighted by Gasteiger charge is -2.09. The van der Waals surface area contributed by atoms with Crippen molar-refractivity contribution < 1.29 is 14.0 Å². The zero-order chi connectivity index (χ0) is 20.3. The predicted octanol–water partition coefficient (Wildman–Crippen LogP) is 4.78. The third-order valence-corrected chi connectivity index (χ3v) is 4.46. The lowest BCUT2D eigenvalue weighted by Crippen LogP contribution is -2.15. The minimum absolute atomic E-state index is 0.0335. The number of halogens is 1. The van der Waals surface area contributed by atoms with Crippen LogP contribution in [0.5, 0.6) is 0 Å². The van der Waals surface area contributed by atoms with E-state index < -0.39 is 0 Å². The minimum atomic E-state index is -0.330. The molecule has 6 heteroatoms. The van der Waals surface area contributed by atoms with E-state index in [9.17, 15) is 14.0 Å². The smallest absolute Gasteiger partial charge is 0.228 e. The van der Waals surface area contributed by atoms with E-state index in [1.165, 1.54) is 12.1 Å². The quantitative estimate of drug-likeness (QED) is 0.575. The molecule has 28 heavy (non-hydrogen) atoms. The van der Waals surface area contributed by atoms with Crippen molar-refractivity contribution in [1.29, 1.82) is 0 Å². The van der Waals surface area contributed by atoms with Crippen molar-refractivity contribution >= 4 is 34.1 Å². The highest BCUT2D eigenvalue weighted by molar-refractivity contribution is 5.97. The molecule has 5 nitrogen and oxygen atoms in total. The molecule has 3 rings (SSSR count). The first-order chi connectivity index (χ1) is 13.3. The molecule has 0 radical (unpaired) electrons. The fraction of sp³-hybridized carbons (Fsp3) is 0.273. The van der Waals surface area contributed by atoms with Gasteiger partial charge < -0.3 is 15.6 Å². The minimum Gasteiger partial charge on any atom is -0.358 e. The Morgan fingerprint density at radius 3 is 2.21 bits per heavy atom. The van der Waals surface area contributed by atoms with E-state index >= 15 is 0 Å². The molecule has 0 bridgehead atoms. The monoisotopic (exact) mass is 381 g/mol. The zero-order valence-electron chi connectivity index (χ0n) is 16.2. The van der Waals surface area contributed by atoms with Gasteiger partial charge in [-0.25, -0.2) is 4.39 Å². The molecule has 0 saturated carbocycles. The van der Waals surface area contributed by atoms with Gasteiger partial charge in [0.2, 0.25) is 11.8 Å². The van der Waals surface area contributed by atoms with E-state index in [1.54, 1.807) is 30.3 Å². The summed E-state index contributed by atoms with van der Waals surface area (Å²) in [4.78, 5) is 27.4. The maximum absolute atomic E-state index is 13.6. The molecule has 146 valence electrons. The number of fused-ring (bicyclic) bond motifs is 1. The van der Waals surface area contributed by atoms with Crippen LogP contribution in [0.25, 0.3) is 10.9 Å². The Hall–Kier alpha value is -3.15. The fourth-order valence-electron chi connectivity index (χ4n) is 3.17. The van der Waals surface area contributed by atoms with Crippen LogP contribution < -0.4 is 10.6 Å². The molecular weight excluding hydrogens is 357 g/mol. The van der Waals surface area contributed by atoms with Crippen molar-refractivity contribution in [1.82, 2.24) is 4.98 Å². The average molecular weight is 381 g/mol. The van der Waals surface area contributed by atoms with Gasteiger partial charge in [0.1, 0.15) is 5.82 Å². The van der Waals surface area contributed by atoms with E-state index in [-0.39, 0.29) is 24.1 Å². The summed E-state index contributed by atoms with van der Waals surface area (Å²) in [5.41, 5.74) is 3.76. The lowest BCUT2D eigenvalue weighted by atomic mass is 10.1. The van der Waals surface area contributed by atoms with Crippen LogP contribution >= 0.6 is 0 Å². The number of amides is 2. The normalized spacial score (nSPS) is 11.0. The van der Waals surface area contributed by atoms with Gasteiger partial charge in [0.05, 0.1) is 6.42 Å². The van der Waals surface area contributed by atoms with Crippen LogP contribution in [0.1, 0.15) is 31.5 Å². The second-order valence-electron chi connectivity index (χ2n) is 7.37. The van der Waals surface area contributed by atoms with E-state index in [0.717, 1.165) is 22.2 Å². The topological polar surface area (TPSA) is 74.0 Å². The molecule has 0 aliphatic rings. The highest BCUT2D eigenvalue weighted by Gasteiger charge is 2.13. The summed E-state index contributed by atoms with van der Waals surface area (Å²) in [5.74, 6) is -0.262. The van der Waals surface area contributed by atoms with Crippen molar-refractivity contribution in [2.75, 3.05) is 10.6 Å². The number of hydrogen-bond acceptors (Lipinski definition) is 2. The predicted molar refractivity (Wildman–Crippen MR) is 110 cm³/mol. The number of rotatable bonds is 6. The number of carbonyl (C=O) groups is 2. The molecular formula is C22H24FN3O2. The summed E-state index contributed by atoms with van der Waals surface area (Å²) in [5, 5.41) is 6.39. The van der Waals surface area contributed by atoms with Gasteiger partial charge >= 0.3 is 0 Å². The molecule has 1 heterocycles. The maximum Gasteiger partial charge on any atom is 0.228 e. The highest BCUT2D eigenvalue weighted by Crippen LogP contribution is 2.24. The largest absolute Gasteiger partial charge is 0.358 e. The Bertz CT molecular complexity index is 1010. The van der Waals surface area contributed by atoms with E-state index in [4.69, 9.17) is 0 Å². The molecule has 2 aromatic carbocycles. The van der Waals surface area contributed by atoms with Crippen LogP contribution in [0.4, 0.5) is 15.8 Å². The number of aromatic nitrogens is 1. The number of aromatic amines is 1. The second kappa shape index (κ2) is 8.25. The van der Waals surface area contributed by atoms with Crippen LogP contribution in [-0.4, -0.2) is 16.8 Å². The van der Waals surface area contributed by atoms with Crippen molar-refractivity contribution in [3.05, 3.63) is 59.5 Å². The first kappa shape index (κ1) is 19.6. The molecule has 0 saturated heterocycles. The van der Waals surface area contributed by atoms with Crippen molar-refractivity contribution in [2.24, 2.45) is 5.92 Å². The third-order valence-electron chi connectivity index (χ3n) is 4.46. The fourth-order valence-corrected chi connectivity index (χ4v) is 3.17. The van der Waals surface area contributed by atoms with Gasteiger partial charge in [0, 0.05) is 34.4 Å². The number of carbonyl (C=O) groups excluding carboxylic acids is 2. The van der Waals surface area contributed by atoms with Crippen LogP contribution in [0, 0.1) is 18.7 Å².